The molecule has 1 saturated heterocycles. The molecular weight excluding hydrogens is 428 g/mol. The Morgan fingerprint density at radius 3 is 2.51 bits per heavy atom. The van der Waals surface area contributed by atoms with Crippen LogP contribution in [0.3, 0.4) is 0 Å². The van der Waals surface area contributed by atoms with Gasteiger partial charge in [0.05, 0.1) is 5.52 Å². The molecule has 2 heterocycles. The third-order valence-electron chi connectivity index (χ3n) is 9.23. The number of aryl methyl sites for hydroxylation is 1. The Hall–Kier alpha value is -2.52. The number of nitrogens with one attached hydrogen (secondary N) is 1. The molecule has 7 rings (SSSR count). The van der Waals surface area contributed by atoms with Crippen molar-refractivity contribution in [3.8, 4) is 0 Å². The average molecular weight is 465 g/mol. The van der Waals surface area contributed by atoms with E-state index in [9.17, 15) is 4.79 Å². The molecule has 1 aromatic heterocycles. The van der Waals surface area contributed by atoms with Crippen molar-refractivity contribution in [2.45, 2.75) is 88.1 Å². The van der Waals surface area contributed by atoms with Gasteiger partial charge in [-0.05, 0) is 80.0 Å². The normalized spacial score (nSPS) is 26.3. The van der Waals surface area contributed by atoms with E-state index in [1.54, 1.807) is 0 Å². The molecule has 3 heteroatoms. The predicted molar refractivity (Wildman–Crippen MR) is 141 cm³/mol. The summed E-state index contributed by atoms with van der Waals surface area (Å²) in [6.07, 6.45) is 12.2. The topological polar surface area (TPSA) is 42.0 Å². The largest absolute Gasteiger partial charge is 0.310 e. The fourth-order valence-corrected chi connectivity index (χ4v) is 6.83. The van der Waals surface area contributed by atoms with Crippen molar-refractivity contribution in [3.63, 3.8) is 0 Å². The summed E-state index contributed by atoms with van der Waals surface area (Å²) in [5.41, 5.74) is 5.74. The monoisotopic (exact) mass is 464 g/mol. The minimum absolute atomic E-state index is 0.228. The van der Waals surface area contributed by atoms with Crippen LogP contribution in [0.25, 0.3) is 10.9 Å². The van der Waals surface area contributed by atoms with Gasteiger partial charge in [0.1, 0.15) is 0 Å². The molecule has 1 aliphatic heterocycles. The highest BCUT2D eigenvalue weighted by atomic mass is 16.1. The molecule has 2 aromatic carbocycles. The van der Waals surface area contributed by atoms with Crippen LogP contribution in [0.15, 0.2) is 54.6 Å². The number of pyridine rings is 1. The fraction of sp³-hybridized carbons (Fsp3) is 0.500. The molecule has 4 aliphatic rings. The van der Waals surface area contributed by atoms with Crippen LogP contribution >= 0.6 is 0 Å². The number of fused-ring (bicyclic) bond motifs is 3. The highest BCUT2D eigenvalue weighted by molar-refractivity contribution is 6.07. The van der Waals surface area contributed by atoms with Crippen molar-refractivity contribution in [2.75, 3.05) is 0 Å². The van der Waals surface area contributed by atoms with Crippen molar-refractivity contribution in [1.29, 1.82) is 0 Å². The van der Waals surface area contributed by atoms with Crippen LogP contribution in [0, 0.1) is 11.8 Å². The second-order valence-corrected chi connectivity index (χ2v) is 11.8. The molecule has 3 saturated carbocycles. The maximum absolute atomic E-state index is 14.0. The van der Waals surface area contributed by atoms with Gasteiger partial charge < -0.3 is 5.32 Å². The molecule has 0 amide bonds. The lowest BCUT2D eigenvalue weighted by molar-refractivity contribution is 0.0964. The number of carbonyl (C=O) groups is 1. The molecule has 3 aliphatic carbocycles. The summed E-state index contributed by atoms with van der Waals surface area (Å²) in [4.78, 5) is 18.9. The predicted octanol–water partition coefficient (Wildman–Crippen LogP) is 6.95. The van der Waals surface area contributed by atoms with Gasteiger partial charge in [-0.3, -0.25) is 9.78 Å². The zero-order valence-electron chi connectivity index (χ0n) is 20.6. The summed E-state index contributed by atoms with van der Waals surface area (Å²) in [6.45, 7) is 0. The van der Waals surface area contributed by atoms with E-state index in [1.165, 1.54) is 68.9 Å². The second kappa shape index (κ2) is 8.85. The van der Waals surface area contributed by atoms with Crippen molar-refractivity contribution >= 4 is 16.7 Å². The number of hydrogen-bond donors (Lipinski definition) is 1. The van der Waals surface area contributed by atoms with Gasteiger partial charge in [-0.2, -0.15) is 0 Å². The molecule has 1 N–H and O–H groups in total. The Morgan fingerprint density at radius 2 is 1.80 bits per heavy atom. The lowest BCUT2D eigenvalue weighted by Gasteiger charge is -2.32. The van der Waals surface area contributed by atoms with Crippen LogP contribution in [0.2, 0.25) is 0 Å². The summed E-state index contributed by atoms with van der Waals surface area (Å²) in [5, 5.41) is 4.93. The highest BCUT2D eigenvalue weighted by Gasteiger charge is 2.43. The smallest absolute Gasteiger partial charge is 0.164 e. The quantitative estimate of drug-likeness (QED) is 0.348. The first-order chi connectivity index (χ1) is 17.2. The van der Waals surface area contributed by atoms with Gasteiger partial charge >= 0.3 is 0 Å². The van der Waals surface area contributed by atoms with E-state index in [0.29, 0.717) is 30.3 Å². The summed E-state index contributed by atoms with van der Waals surface area (Å²) >= 11 is 0. The van der Waals surface area contributed by atoms with E-state index in [-0.39, 0.29) is 11.7 Å². The molecule has 1 unspecified atom stereocenters. The molecule has 2 bridgehead atoms. The Bertz CT molecular complexity index is 1240. The van der Waals surface area contributed by atoms with E-state index < -0.39 is 0 Å². The molecule has 4 atom stereocenters. The number of ketones is 1. The Kier molecular flexibility index (Phi) is 5.50. The molecule has 3 nitrogen and oxygen atoms in total. The third kappa shape index (κ3) is 4.44. The number of hydrogen-bond acceptors (Lipinski definition) is 3. The second-order valence-electron chi connectivity index (χ2n) is 11.8. The molecule has 180 valence electrons. The zero-order chi connectivity index (χ0) is 23.4. The number of Topliss-reactive ketones (excluding diaryl/α,β-unsaturated/α-hetero) is 1. The number of aromatic nitrogens is 1. The number of piperidine rings is 1. The first-order valence-corrected chi connectivity index (χ1v) is 14.0. The number of carbonyl (C=O) groups excluding carboxylic acids is 1. The Labute approximate surface area is 208 Å². The average Bonchev–Trinajstić information content (AvgIpc) is 3.83. The molecule has 4 fully saturated rings. The van der Waals surface area contributed by atoms with Crippen LogP contribution in [0.4, 0.5) is 0 Å². The molecule has 3 aromatic rings. The fourth-order valence-electron chi connectivity index (χ4n) is 6.83. The maximum atomic E-state index is 14.0. The number of benzene rings is 2. The van der Waals surface area contributed by atoms with Crippen LogP contribution in [-0.4, -0.2) is 22.9 Å². The van der Waals surface area contributed by atoms with Crippen LogP contribution < -0.4 is 5.32 Å². The molecule has 35 heavy (non-hydrogen) atoms. The van der Waals surface area contributed by atoms with E-state index in [4.69, 9.17) is 4.98 Å². The zero-order valence-corrected chi connectivity index (χ0v) is 20.6. The van der Waals surface area contributed by atoms with Gasteiger partial charge in [0.15, 0.2) is 5.78 Å². The summed E-state index contributed by atoms with van der Waals surface area (Å²) in [6, 6.07) is 20.7. The lowest BCUT2D eigenvalue weighted by Crippen LogP contribution is -2.40. The maximum Gasteiger partial charge on any atom is 0.164 e. The minimum atomic E-state index is 0.228. The first-order valence-electron chi connectivity index (χ1n) is 14.0. The highest BCUT2D eigenvalue weighted by Crippen LogP contribution is 2.44. The van der Waals surface area contributed by atoms with E-state index in [2.05, 4.69) is 47.8 Å². The standard InChI is InChI=1S/C32H36N2O/c35-31(28-18-30(23-13-14-23)34-29-4-2-1-3-26(28)29)19-27(32-24-15-16-25(17-24)33-32)22-11-9-21(10-12-22)8-7-20-5-6-20/h1-4,9-12,18,20,23-25,27,32-33H,5-8,13-17,19H2/t24-,25+,27+,32?/m0/s1. The third-order valence-corrected chi connectivity index (χ3v) is 9.23. The lowest BCUT2D eigenvalue weighted by atomic mass is 9.79. The van der Waals surface area contributed by atoms with Crippen molar-refractivity contribution < 1.29 is 4.79 Å². The molecular formula is C32H36N2O. The van der Waals surface area contributed by atoms with Crippen LogP contribution in [0.1, 0.15) is 96.8 Å². The molecule has 0 spiro atoms. The molecule has 0 radical (unpaired) electrons. The van der Waals surface area contributed by atoms with Crippen molar-refractivity contribution in [2.24, 2.45) is 11.8 Å². The van der Waals surface area contributed by atoms with Gasteiger partial charge in [-0.1, -0.05) is 55.3 Å². The van der Waals surface area contributed by atoms with Gasteiger partial charge in [-0.25, -0.2) is 0 Å². The van der Waals surface area contributed by atoms with E-state index >= 15 is 0 Å². The SMILES string of the molecule is O=C(C[C@H](c1ccc(CCC2CC2)cc1)C1N[C@@H]2CC[C@H]1C2)c1cc(C2CC2)nc2ccccc12. The van der Waals surface area contributed by atoms with Gasteiger partial charge in [0.2, 0.25) is 0 Å². The number of para-hydroxylation sites is 1. The van der Waals surface area contributed by atoms with Gasteiger partial charge in [0.25, 0.3) is 0 Å². The van der Waals surface area contributed by atoms with Crippen molar-refractivity contribution in [1.82, 2.24) is 10.3 Å². The summed E-state index contributed by atoms with van der Waals surface area (Å²) in [7, 11) is 0. The minimum Gasteiger partial charge on any atom is -0.310 e. The van der Waals surface area contributed by atoms with Gasteiger partial charge in [0, 0.05) is 47.0 Å². The van der Waals surface area contributed by atoms with Crippen LogP contribution in [0.5, 0.6) is 0 Å². The Morgan fingerprint density at radius 1 is 0.971 bits per heavy atom. The first kappa shape index (κ1) is 21.7. The summed E-state index contributed by atoms with van der Waals surface area (Å²) < 4.78 is 0. The Balaban J connectivity index is 1.19. The van der Waals surface area contributed by atoms with Crippen molar-refractivity contribution in [3.05, 3.63) is 77.0 Å². The number of rotatable bonds is 9. The van der Waals surface area contributed by atoms with Crippen LogP contribution in [-0.2, 0) is 6.42 Å². The van der Waals surface area contributed by atoms with E-state index in [1.807, 2.05) is 12.1 Å². The van der Waals surface area contributed by atoms with E-state index in [0.717, 1.165) is 28.1 Å². The summed E-state index contributed by atoms with van der Waals surface area (Å²) in [5.74, 6) is 2.71. The number of nitrogens with zero attached hydrogens (tertiary/aromatic N) is 1. The van der Waals surface area contributed by atoms with Gasteiger partial charge in [-0.15, -0.1) is 0 Å².